The zero-order valence-corrected chi connectivity index (χ0v) is 32.7. The van der Waals surface area contributed by atoms with Gasteiger partial charge in [-0.05, 0) is 109 Å². The van der Waals surface area contributed by atoms with E-state index in [-0.39, 0.29) is 27.3 Å². The van der Waals surface area contributed by atoms with Crippen LogP contribution in [0, 0.1) is 0 Å². The van der Waals surface area contributed by atoms with Gasteiger partial charge in [0.15, 0.2) is 0 Å². The summed E-state index contributed by atoms with van der Waals surface area (Å²) in [6.07, 6.45) is 7.01. The summed E-state index contributed by atoms with van der Waals surface area (Å²) in [7, 11) is -0.502. The summed E-state index contributed by atoms with van der Waals surface area (Å²) in [5, 5.41) is 1.50. The molecule has 0 unspecified atom stereocenters. The average molecular weight is 884 g/mol. The van der Waals surface area contributed by atoms with Crippen LogP contribution in [0.3, 0.4) is 0 Å². The summed E-state index contributed by atoms with van der Waals surface area (Å²) in [6.45, 7) is 0. The van der Waals surface area contributed by atoms with Gasteiger partial charge in [0.05, 0.1) is 39.2 Å². The van der Waals surface area contributed by atoms with Crippen LogP contribution >= 0.6 is 90.0 Å². The molecule has 4 aromatic rings. The Morgan fingerprint density at radius 1 is 0.681 bits per heavy atom. The Morgan fingerprint density at radius 2 is 1.13 bits per heavy atom. The van der Waals surface area contributed by atoms with E-state index in [4.69, 9.17) is 55.9 Å². The van der Waals surface area contributed by atoms with Gasteiger partial charge in [0.25, 0.3) is 0 Å². The molecule has 0 aliphatic heterocycles. The molecular formula is C35H34Br2Cl4O4S2. The van der Waals surface area contributed by atoms with E-state index >= 15 is 0 Å². The van der Waals surface area contributed by atoms with Crippen molar-refractivity contribution in [1.82, 2.24) is 0 Å². The first kappa shape index (κ1) is 38.7. The van der Waals surface area contributed by atoms with Crippen molar-refractivity contribution in [1.29, 1.82) is 0 Å². The van der Waals surface area contributed by atoms with Gasteiger partial charge in [-0.1, -0.05) is 110 Å². The van der Waals surface area contributed by atoms with Gasteiger partial charge in [-0.3, -0.25) is 0 Å². The third kappa shape index (κ3) is 8.80. The van der Waals surface area contributed by atoms with E-state index in [0.29, 0.717) is 32.1 Å². The SMILES string of the molecule is C.COc1ccc(S(=O)(=O)c2c(Cl)cc(Br)cc2Cl)cc1C1CCC1.COc1ccc(Sc2c(Cl)cc(Br)cc2Cl)cc1C1CCC1. The number of benzene rings is 4. The van der Waals surface area contributed by atoms with Gasteiger partial charge in [-0.2, -0.15) is 0 Å². The van der Waals surface area contributed by atoms with Crippen molar-refractivity contribution in [2.45, 2.75) is 77.4 Å². The van der Waals surface area contributed by atoms with Crippen molar-refractivity contribution in [3.05, 3.63) is 101 Å². The predicted octanol–water partition coefficient (Wildman–Crippen LogP) is 13.7. The molecule has 4 nitrogen and oxygen atoms in total. The molecule has 47 heavy (non-hydrogen) atoms. The van der Waals surface area contributed by atoms with E-state index < -0.39 is 9.84 Å². The molecule has 2 fully saturated rings. The third-order valence-corrected chi connectivity index (χ3v) is 13.8. The minimum absolute atomic E-state index is 0. The van der Waals surface area contributed by atoms with Crippen molar-refractivity contribution in [3.63, 3.8) is 0 Å². The molecule has 0 aromatic heterocycles. The maximum Gasteiger partial charge on any atom is 0.209 e. The summed E-state index contributed by atoms with van der Waals surface area (Å²) in [6, 6.07) is 18.0. The lowest BCUT2D eigenvalue weighted by molar-refractivity contribution is 0.372. The predicted molar refractivity (Wildman–Crippen MR) is 204 cm³/mol. The van der Waals surface area contributed by atoms with Crippen molar-refractivity contribution in [3.8, 4) is 11.5 Å². The summed E-state index contributed by atoms with van der Waals surface area (Å²) in [5.74, 6) is 2.64. The first-order chi connectivity index (χ1) is 21.9. The molecular weight excluding hydrogens is 850 g/mol. The van der Waals surface area contributed by atoms with Crippen molar-refractivity contribution >= 4 is 99.9 Å². The van der Waals surface area contributed by atoms with E-state index in [0.717, 1.165) is 44.8 Å². The van der Waals surface area contributed by atoms with Crippen LogP contribution in [-0.4, -0.2) is 22.6 Å². The van der Waals surface area contributed by atoms with Crippen LogP contribution in [-0.2, 0) is 9.84 Å². The molecule has 0 bridgehead atoms. The largest absolute Gasteiger partial charge is 0.496 e. The van der Waals surface area contributed by atoms with Gasteiger partial charge >= 0.3 is 0 Å². The van der Waals surface area contributed by atoms with Crippen LogP contribution < -0.4 is 9.47 Å². The van der Waals surface area contributed by atoms with Gasteiger partial charge in [0.1, 0.15) is 16.4 Å². The Kier molecular flexibility index (Phi) is 13.8. The average Bonchev–Trinajstić information content (AvgIpc) is 2.93. The van der Waals surface area contributed by atoms with Crippen LogP contribution in [0.2, 0.25) is 20.1 Å². The number of ether oxygens (including phenoxy) is 2. The Labute approximate surface area is 319 Å². The molecule has 0 amide bonds. The molecule has 2 aliphatic rings. The van der Waals surface area contributed by atoms with E-state index in [9.17, 15) is 8.42 Å². The molecule has 0 atom stereocenters. The molecule has 6 rings (SSSR count). The number of hydrogen-bond acceptors (Lipinski definition) is 5. The van der Waals surface area contributed by atoms with Crippen LogP contribution in [0.25, 0.3) is 0 Å². The van der Waals surface area contributed by atoms with E-state index in [2.05, 4.69) is 44.0 Å². The topological polar surface area (TPSA) is 52.6 Å². The lowest BCUT2D eigenvalue weighted by atomic mass is 9.80. The van der Waals surface area contributed by atoms with Crippen molar-refractivity contribution in [2.24, 2.45) is 0 Å². The highest BCUT2D eigenvalue weighted by Crippen LogP contribution is 2.46. The maximum absolute atomic E-state index is 13.0. The first-order valence-electron chi connectivity index (χ1n) is 14.5. The monoisotopic (exact) mass is 880 g/mol. The van der Waals surface area contributed by atoms with Gasteiger partial charge in [0, 0.05) is 18.7 Å². The molecule has 0 heterocycles. The number of rotatable bonds is 8. The minimum Gasteiger partial charge on any atom is -0.496 e. The second-order valence-electron chi connectivity index (χ2n) is 11.1. The minimum atomic E-state index is -3.82. The summed E-state index contributed by atoms with van der Waals surface area (Å²) in [4.78, 5) is 2.13. The Morgan fingerprint density at radius 3 is 1.57 bits per heavy atom. The fourth-order valence-electron chi connectivity index (χ4n) is 5.38. The highest BCUT2D eigenvalue weighted by molar-refractivity contribution is 9.10. The van der Waals surface area contributed by atoms with Gasteiger partial charge in [-0.15, -0.1) is 0 Å². The van der Waals surface area contributed by atoms with Crippen molar-refractivity contribution < 1.29 is 17.9 Å². The standard InChI is InChI=1S/C17H15BrCl2O3S.C17H15BrCl2OS.CH4/c1-23-16-6-5-12(9-13(16)10-3-2-4-10)24(21,22)17-14(19)7-11(18)8-15(17)20;1-21-16-6-5-12(9-13(16)10-3-2-4-10)22-17-14(19)7-11(18)8-15(17)20;/h5-10H,2-4H2,1H3;5-10H,2-4H2,1H3;1H4. The molecule has 0 saturated heterocycles. The Bertz CT molecular complexity index is 1820. The normalized spacial score (nSPS) is 14.6. The summed E-state index contributed by atoms with van der Waals surface area (Å²) >= 11 is 33.2. The first-order valence-corrected chi connectivity index (χ1v) is 19.9. The molecule has 0 radical (unpaired) electrons. The molecule has 0 N–H and O–H groups in total. The van der Waals surface area contributed by atoms with Crippen LogP contribution in [0.1, 0.15) is 68.9 Å². The molecule has 2 saturated carbocycles. The molecule has 0 spiro atoms. The molecule has 2 aliphatic carbocycles. The second-order valence-corrected chi connectivity index (χ2v) is 17.5. The zero-order chi connectivity index (χ0) is 33.2. The smallest absolute Gasteiger partial charge is 0.209 e. The maximum atomic E-state index is 13.0. The van der Waals surface area contributed by atoms with Gasteiger partial charge in [-0.25, -0.2) is 8.42 Å². The number of methoxy groups -OCH3 is 2. The van der Waals surface area contributed by atoms with E-state index in [1.165, 1.54) is 43.0 Å². The van der Waals surface area contributed by atoms with E-state index in [1.807, 2.05) is 18.2 Å². The Balaban J connectivity index is 0.000000209. The highest BCUT2D eigenvalue weighted by atomic mass is 79.9. The summed E-state index contributed by atoms with van der Waals surface area (Å²) < 4.78 is 38.5. The van der Waals surface area contributed by atoms with Crippen LogP contribution in [0.5, 0.6) is 11.5 Å². The zero-order valence-electron chi connectivity index (χ0n) is 24.9. The highest BCUT2D eigenvalue weighted by Gasteiger charge is 2.29. The lowest BCUT2D eigenvalue weighted by Crippen LogP contribution is -2.12. The number of halogens is 6. The fourth-order valence-corrected chi connectivity index (χ4v) is 10.9. The second kappa shape index (κ2) is 16.7. The van der Waals surface area contributed by atoms with Gasteiger partial charge in [0.2, 0.25) is 9.84 Å². The van der Waals surface area contributed by atoms with Crippen molar-refractivity contribution in [2.75, 3.05) is 14.2 Å². The quantitative estimate of drug-likeness (QED) is 0.176. The molecule has 12 heteroatoms. The Hall–Kier alpha value is -1.10. The molecule has 4 aromatic carbocycles. The third-order valence-electron chi connectivity index (χ3n) is 8.22. The number of sulfone groups is 1. The lowest BCUT2D eigenvalue weighted by Gasteiger charge is -2.27. The number of hydrogen-bond donors (Lipinski definition) is 0. The van der Waals surface area contributed by atoms with Crippen LogP contribution in [0.4, 0.5) is 0 Å². The van der Waals surface area contributed by atoms with Crippen LogP contribution in [0.15, 0.2) is 89.2 Å². The van der Waals surface area contributed by atoms with Gasteiger partial charge < -0.3 is 9.47 Å². The summed E-state index contributed by atoms with van der Waals surface area (Å²) in [5.41, 5.74) is 2.22. The molecule has 252 valence electrons. The van der Waals surface area contributed by atoms with E-state index in [1.54, 1.807) is 38.1 Å². The fraction of sp³-hybridized carbons (Fsp3) is 0.314.